The molecule has 2 aliphatic rings. The Morgan fingerprint density at radius 2 is 2.06 bits per heavy atom. The lowest BCUT2D eigenvalue weighted by atomic mass is 9.98. The van der Waals surface area contributed by atoms with Crippen LogP contribution in [0.25, 0.3) is 0 Å². The second kappa shape index (κ2) is 9.51. The van der Waals surface area contributed by atoms with Crippen molar-refractivity contribution in [3.8, 4) is 0 Å². The highest BCUT2D eigenvalue weighted by molar-refractivity contribution is 5.90. The number of hydrogen-bond donors (Lipinski definition) is 1. The summed E-state index contributed by atoms with van der Waals surface area (Å²) in [4.78, 5) is 40.0. The van der Waals surface area contributed by atoms with Gasteiger partial charge in [-0.2, -0.15) is 0 Å². The molecule has 2 saturated heterocycles. The second-order valence-electron chi connectivity index (χ2n) is 8.09. The summed E-state index contributed by atoms with van der Waals surface area (Å²) >= 11 is 0. The number of methoxy groups -OCH3 is 1. The molecule has 0 bridgehead atoms. The van der Waals surface area contributed by atoms with Crippen LogP contribution in [0.2, 0.25) is 0 Å². The van der Waals surface area contributed by atoms with Gasteiger partial charge in [0.2, 0.25) is 11.8 Å². The number of nitrogens with one attached hydrogen (secondary N) is 1. The van der Waals surface area contributed by atoms with Gasteiger partial charge in [0, 0.05) is 40.7 Å². The molecule has 10 heteroatoms. The number of ether oxygens (including phenoxy) is 2. The molecule has 0 aliphatic carbocycles. The molecule has 3 rings (SSSR count). The highest BCUT2D eigenvalue weighted by Crippen LogP contribution is 2.33. The summed E-state index contributed by atoms with van der Waals surface area (Å²) in [5.41, 5.74) is 0.826. The van der Waals surface area contributed by atoms with Crippen molar-refractivity contribution in [1.82, 2.24) is 10.2 Å². The topological polar surface area (TPSA) is 91.4 Å². The Morgan fingerprint density at radius 1 is 1.32 bits per heavy atom. The lowest BCUT2D eigenvalue weighted by Gasteiger charge is -2.22. The van der Waals surface area contributed by atoms with Crippen LogP contribution < -0.4 is 15.1 Å². The molecule has 1 aromatic rings. The van der Waals surface area contributed by atoms with Crippen molar-refractivity contribution >= 4 is 29.3 Å². The number of likely N-dealkylation sites (N-methyl/N-ethyl adjacent to an activating group) is 1. The molecule has 0 saturated carbocycles. The maximum atomic E-state index is 15.0. The fourth-order valence-corrected chi connectivity index (χ4v) is 3.91. The number of cyclic esters (lactones) is 1. The third kappa shape index (κ3) is 5.07. The molecule has 31 heavy (non-hydrogen) atoms. The number of hydrogen-bond acceptors (Lipinski definition) is 6. The quantitative estimate of drug-likeness (QED) is 0.695. The van der Waals surface area contributed by atoms with Gasteiger partial charge in [-0.05, 0) is 30.0 Å². The summed E-state index contributed by atoms with van der Waals surface area (Å²) < 4.78 is 25.0. The molecule has 2 heterocycles. The first-order valence-corrected chi connectivity index (χ1v) is 10.2. The van der Waals surface area contributed by atoms with E-state index < -0.39 is 18.1 Å². The van der Waals surface area contributed by atoms with Gasteiger partial charge >= 0.3 is 6.09 Å². The Morgan fingerprint density at radius 3 is 2.71 bits per heavy atom. The molecule has 9 nitrogen and oxygen atoms in total. The molecule has 2 aliphatic heterocycles. The number of nitrogens with zero attached hydrogens (tertiary/aromatic N) is 3. The van der Waals surface area contributed by atoms with Crippen molar-refractivity contribution in [3.05, 3.63) is 24.0 Å². The van der Waals surface area contributed by atoms with Gasteiger partial charge in [-0.1, -0.05) is 6.92 Å². The van der Waals surface area contributed by atoms with Crippen LogP contribution in [0, 0.1) is 17.7 Å². The lowest BCUT2D eigenvalue weighted by molar-refractivity contribution is -0.134. The van der Waals surface area contributed by atoms with Crippen LogP contribution in [-0.2, 0) is 19.1 Å². The molecule has 0 aromatic heterocycles. The molecule has 1 unspecified atom stereocenters. The minimum absolute atomic E-state index is 0.0168. The molecule has 170 valence electrons. The number of anilines is 2. The van der Waals surface area contributed by atoms with Gasteiger partial charge < -0.3 is 24.6 Å². The molecule has 3 atom stereocenters. The summed E-state index contributed by atoms with van der Waals surface area (Å²) in [5, 5.41) is 2.84. The maximum Gasteiger partial charge on any atom is 0.416 e. The van der Waals surface area contributed by atoms with Crippen molar-refractivity contribution < 1.29 is 28.2 Å². The molecule has 1 aromatic carbocycles. The van der Waals surface area contributed by atoms with Crippen molar-refractivity contribution in [3.63, 3.8) is 0 Å². The van der Waals surface area contributed by atoms with Crippen LogP contribution in [0.3, 0.4) is 0 Å². The summed E-state index contributed by atoms with van der Waals surface area (Å²) in [5.74, 6) is -0.369. The molecular weight excluding hydrogens is 407 g/mol. The Bertz CT molecular complexity index is 851. The van der Waals surface area contributed by atoms with E-state index in [1.807, 2.05) is 4.90 Å². The predicted octanol–water partition coefficient (Wildman–Crippen LogP) is 1.42. The summed E-state index contributed by atoms with van der Waals surface area (Å²) in [6.45, 7) is 5.40. The molecule has 0 spiro atoms. The molecule has 0 radical (unpaired) electrons. The smallest absolute Gasteiger partial charge is 0.416 e. The summed E-state index contributed by atoms with van der Waals surface area (Å²) in [6.07, 6.45) is -1.33. The van der Waals surface area contributed by atoms with Gasteiger partial charge in [0.05, 0.1) is 17.9 Å². The van der Waals surface area contributed by atoms with Gasteiger partial charge in [-0.3, -0.25) is 14.5 Å². The van der Waals surface area contributed by atoms with Crippen LogP contribution >= 0.6 is 0 Å². The monoisotopic (exact) mass is 436 g/mol. The first-order valence-electron chi connectivity index (χ1n) is 10.2. The van der Waals surface area contributed by atoms with E-state index in [0.29, 0.717) is 31.0 Å². The zero-order valence-electron chi connectivity index (χ0n) is 18.3. The van der Waals surface area contributed by atoms with Crippen LogP contribution in [0.15, 0.2) is 18.2 Å². The third-order valence-corrected chi connectivity index (χ3v) is 5.91. The number of carbonyl (C=O) groups is 3. The Balaban J connectivity index is 1.65. The minimum Gasteiger partial charge on any atom is -0.423 e. The SMILES string of the molecule is COCC(=O)NC[C@@H]1CN(c2ccc(N3CC(N(C)C(C)=O)OC3=O)cc2F)C[C@H]1C. The van der Waals surface area contributed by atoms with Gasteiger partial charge in [-0.25, -0.2) is 9.18 Å². The normalized spacial score (nSPS) is 23.1. The standard InChI is InChI=1S/C21H29FN4O5/c1-13-9-25(10-15(13)8-23-19(28)12-30-4)18-6-5-16(7-17(18)22)26-11-20(31-21(26)29)24(3)14(2)27/h5-7,13,15,20H,8-12H2,1-4H3,(H,23,28)/t13-,15-,20?/m1/s1. The first kappa shape index (κ1) is 22.8. The molecule has 3 amide bonds. The van der Waals surface area contributed by atoms with Gasteiger partial charge in [-0.15, -0.1) is 0 Å². The average Bonchev–Trinajstić information content (AvgIpc) is 3.28. The highest BCUT2D eigenvalue weighted by Gasteiger charge is 2.37. The largest absolute Gasteiger partial charge is 0.423 e. The van der Waals surface area contributed by atoms with E-state index >= 15 is 0 Å². The second-order valence-corrected chi connectivity index (χ2v) is 8.09. The van der Waals surface area contributed by atoms with E-state index in [4.69, 9.17) is 9.47 Å². The Labute approximate surface area is 181 Å². The predicted molar refractivity (Wildman–Crippen MR) is 112 cm³/mol. The first-order chi connectivity index (χ1) is 14.7. The van der Waals surface area contributed by atoms with E-state index in [9.17, 15) is 18.8 Å². The molecule has 1 N–H and O–H groups in total. The van der Waals surface area contributed by atoms with Gasteiger partial charge in [0.1, 0.15) is 12.4 Å². The van der Waals surface area contributed by atoms with Gasteiger partial charge in [0.15, 0.2) is 6.23 Å². The van der Waals surface area contributed by atoms with Crippen molar-refractivity contribution in [1.29, 1.82) is 0 Å². The summed E-state index contributed by atoms with van der Waals surface area (Å²) in [6, 6.07) is 4.64. The van der Waals surface area contributed by atoms with Crippen molar-refractivity contribution in [2.24, 2.45) is 11.8 Å². The van der Waals surface area contributed by atoms with Crippen LogP contribution in [-0.4, -0.2) is 76.0 Å². The molecular formula is C21H29FN4O5. The number of rotatable bonds is 7. The number of carbonyl (C=O) groups excluding carboxylic acids is 3. The highest BCUT2D eigenvalue weighted by atomic mass is 19.1. The van der Waals surface area contributed by atoms with E-state index in [-0.39, 0.29) is 36.8 Å². The zero-order chi connectivity index (χ0) is 22.7. The summed E-state index contributed by atoms with van der Waals surface area (Å²) in [7, 11) is 3.02. The lowest BCUT2D eigenvalue weighted by Crippen LogP contribution is -2.38. The number of benzene rings is 1. The van der Waals surface area contributed by atoms with Gasteiger partial charge in [0.25, 0.3) is 0 Å². The zero-order valence-corrected chi connectivity index (χ0v) is 18.3. The third-order valence-electron chi connectivity index (χ3n) is 5.91. The van der Waals surface area contributed by atoms with Crippen LogP contribution in [0.5, 0.6) is 0 Å². The van der Waals surface area contributed by atoms with Crippen LogP contribution in [0.4, 0.5) is 20.6 Å². The molecule has 2 fully saturated rings. The number of amides is 3. The van der Waals surface area contributed by atoms with Crippen LogP contribution in [0.1, 0.15) is 13.8 Å². The maximum absolute atomic E-state index is 15.0. The van der Waals surface area contributed by atoms with E-state index in [0.717, 1.165) is 0 Å². The number of halogens is 1. The Kier molecular flexibility index (Phi) is 6.99. The minimum atomic E-state index is -0.707. The fourth-order valence-electron chi connectivity index (χ4n) is 3.91. The van der Waals surface area contributed by atoms with E-state index in [2.05, 4.69) is 12.2 Å². The average molecular weight is 436 g/mol. The van der Waals surface area contributed by atoms with Crippen molar-refractivity contribution in [2.75, 3.05) is 56.7 Å². The van der Waals surface area contributed by atoms with Crippen molar-refractivity contribution in [2.45, 2.75) is 20.1 Å². The Hall–Kier alpha value is -2.88. The van der Waals surface area contributed by atoms with E-state index in [1.165, 1.54) is 29.9 Å². The van der Waals surface area contributed by atoms with E-state index in [1.54, 1.807) is 19.2 Å². The fraction of sp³-hybridized carbons (Fsp3) is 0.571.